The van der Waals surface area contributed by atoms with Crippen LogP contribution in [-0.2, 0) is 17.8 Å². The van der Waals surface area contributed by atoms with Crippen molar-refractivity contribution in [2.45, 2.75) is 32.2 Å². The topological polar surface area (TPSA) is 91.0 Å². The first-order valence-electron chi connectivity index (χ1n) is 8.42. The Morgan fingerprint density at radius 3 is 2.52 bits per heavy atom. The predicted molar refractivity (Wildman–Crippen MR) is 97.4 cm³/mol. The Hall–Kier alpha value is -2.09. The summed E-state index contributed by atoms with van der Waals surface area (Å²) in [5, 5.41) is 4.47. The number of aromatic amines is 2. The fourth-order valence-electron chi connectivity index (χ4n) is 3.26. The summed E-state index contributed by atoms with van der Waals surface area (Å²) in [6.45, 7) is 1.81. The maximum atomic E-state index is 12.3. The number of likely N-dealkylation sites (tertiary alicyclic amines) is 1. The first kappa shape index (κ1) is 17.7. The van der Waals surface area contributed by atoms with Gasteiger partial charge in [-0.15, -0.1) is 0 Å². The average molecular weight is 409 g/mol. The largest absolute Gasteiger partial charge is 0.344 e. The lowest BCUT2D eigenvalue weighted by molar-refractivity contribution is -0.130. The second kappa shape index (κ2) is 7.86. The monoisotopic (exact) mass is 408 g/mol. The van der Waals surface area contributed by atoms with Gasteiger partial charge in [-0.25, -0.2) is 24.4 Å². The second-order valence-electron chi connectivity index (χ2n) is 6.44. The van der Waals surface area contributed by atoms with Crippen molar-refractivity contribution in [3.63, 3.8) is 0 Å². The Labute approximate surface area is 153 Å². The lowest BCUT2D eigenvalue weighted by atomic mass is 9.99. The number of H-pyrrole nitrogens is 2. The summed E-state index contributed by atoms with van der Waals surface area (Å²) in [7, 11) is 0. The van der Waals surface area contributed by atoms with Crippen molar-refractivity contribution in [3.05, 3.63) is 55.3 Å². The highest BCUT2D eigenvalue weighted by Crippen LogP contribution is 2.22. The molecule has 1 aliphatic rings. The van der Waals surface area contributed by atoms with Crippen LogP contribution in [-0.4, -0.2) is 38.7 Å². The summed E-state index contributed by atoms with van der Waals surface area (Å²) in [5.41, 5.74) is 0.356. The molecule has 25 heavy (non-hydrogen) atoms. The van der Waals surface area contributed by atoms with Gasteiger partial charge in [0.2, 0.25) is 5.91 Å². The van der Waals surface area contributed by atoms with Crippen LogP contribution in [0.5, 0.6) is 0 Å². The average Bonchev–Trinajstić information content (AvgIpc) is 3.18. The van der Waals surface area contributed by atoms with Gasteiger partial charge in [-0.1, -0.05) is 28.1 Å². The van der Waals surface area contributed by atoms with Gasteiger partial charge in [-0.05, 0) is 42.9 Å². The molecule has 0 bridgehead atoms. The molecule has 2 heterocycles. The number of benzene rings is 1. The molecule has 0 spiro atoms. The van der Waals surface area contributed by atoms with E-state index in [1.807, 2.05) is 17.0 Å². The maximum Gasteiger partial charge on any atom is 0.344 e. The third-order valence-electron chi connectivity index (χ3n) is 4.62. The van der Waals surface area contributed by atoms with Crippen molar-refractivity contribution in [1.82, 2.24) is 19.7 Å². The van der Waals surface area contributed by atoms with Crippen molar-refractivity contribution < 1.29 is 4.79 Å². The van der Waals surface area contributed by atoms with Crippen molar-refractivity contribution in [2.24, 2.45) is 5.92 Å². The van der Waals surface area contributed by atoms with Gasteiger partial charge in [-0.3, -0.25) is 4.79 Å². The summed E-state index contributed by atoms with van der Waals surface area (Å²) in [6.07, 6.45) is 2.82. The normalized spacial score (nSPS) is 17.2. The molecule has 2 N–H and O–H groups in total. The van der Waals surface area contributed by atoms with E-state index in [-0.39, 0.29) is 12.5 Å². The number of carbonyl (C=O) groups is 1. The fourth-order valence-corrected chi connectivity index (χ4v) is 3.53. The maximum absolute atomic E-state index is 12.3. The van der Waals surface area contributed by atoms with Gasteiger partial charge in [0, 0.05) is 30.5 Å². The van der Waals surface area contributed by atoms with E-state index < -0.39 is 11.4 Å². The van der Waals surface area contributed by atoms with Gasteiger partial charge in [0.15, 0.2) is 0 Å². The van der Waals surface area contributed by atoms with Gasteiger partial charge in [0.05, 0.1) is 0 Å². The number of halogens is 1. The molecule has 1 aromatic carbocycles. The Bertz CT molecular complexity index is 809. The quantitative estimate of drug-likeness (QED) is 0.758. The van der Waals surface area contributed by atoms with E-state index in [0.717, 1.165) is 35.0 Å². The minimum atomic E-state index is -0.465. The van der Waals surface area contributed by atoms with Crippen LogP contribution in [0.25, 0.3) is 0 Å². The summed E-state index contributed by atoms with van der Waals surface area (Å²) in [5.74, 6) is 0.582. The van der Waals surface area contributed by atoms with Gasteiger partial charge < -0.3 is 4.90 Å². The van der Waals surface area contributed by atoms with Crippen molar-refractivity contribution >= 4 is 21.8 Å². The molecule has 0 radical (unpaired) electrons. The molecule has 8 heteroatoms. The first-order chi connectivity index (χ1) is 12.0. The highest BCUT2D eigenvalue weighted by atomic mass is 79.9. The van der Waals surface area contributed by atoms with Crippen molar-refractivity contribution in [2.75, 3.05) is 13.1 Å². The number of nitrogens with zero attached hydrogens (tertiary/aromatic N) is 2. The molecule has 1 unspecified atom stereocenters. The van der Waals surface area contributed by atoms with Crippen LogP contribution in [0.2, 0.25) is 0 Å². The third kappa shape index (κ3) is 4.50. The number of hydrogen-bond acceptors (Lipinski definition) is 3. The molecule has 1 fully saturated rings. The van der Waals surface area contributed by atoms with Crippen LogP contribution in [0, 0.1) is 5.92 Å². The number of rotatable bonds is 6. The highest BCUT2D eigenvalue weighted by molar-refractivity contribution is 9.10. The molecule has 1 saturated heterocycles. The van der Waals surface area contributed by atoms with Gasteiger partial charge >= 0.3 is 11.4 Å². The lowest BCUT2D eigenvalue weighted by Gasteiger charge is -2.16. The standard InChI is InChI=1S/C17H21BrN4O3/c18-14-5-3-12(4-6-14)10-13-7-9-21(11-13)15(23)2-1-8-22-16(24)19-20-17(22)25/h3-6,13H,1-2,7-11H2,(H,19,24)(H,20,25). The molecule has 7 nitrogen and oxygen atoms in total. The molecular formula is C17H21BrN4O3. The van der Waals surface area contributed by atoms with E-state index in [2.05, 4.69) is 38.3 Å². The zero-order valence-electron chi connectivity index (χ0n) is 13.8. The molecule has 0 saturated carbocycles. The Morgan fingerprint density at radius 1 is 1.16 bits per heavy atom. The van der Waals surface area contributed by atoms with E-state index in [1.54, 1.807) is 0 Å². The van der Waals surface area contributed by atoms with Crippen LogP contribution in [0.15, 0.2) is 38.3 Å². The highest BCUT2D eigenvalue weighted by Gasteiger charge is 2.25. The Kier molecular flexibility index (Phi) is 5.57. The molecule has 1 amide bonds. The van der Waals surface area contributed by atoms with Gasteiger partial charge in [0.25, 0.3) is 0 Å². The molecule has 1 atom stereocenters. The predicted octanol–water partition coefficient (Wildman–Crippen LogP) is 1.50. The van der Waals surface area contributed by atoms with Crippen LogP contribution < -0.4 is 11.4 Å². The van der Waals surface area contributed by atoms with Crippen molar-refractivity contribution in [1.29, 1.82) is 0 Å². The van der Waals surface area contributed by atoms with E-state index >= 15 is 0 Å². The Morgan fingerprint density at radius 2 is 1.84 bits per heavy atom. The summed E-state index contributed by atoms with van der Waals surface area (Å²) < 4.78 is 2.15. The first-order valence-corrected chi connectivity index (χ1v) is 9.22. The van der Waals surface area contributed by atoms with Crippen LogP contribution in [0.1, 0.15) is 24.8 Å². The molecule has 1 aliphatic heterocycles. The summed E-state index contributed by atoms with van der Waals surface area (Å²) >= 11 is 3.44. The molecule has 0 aliphatic carbocycles. The zero-order chi connectivity index (χ0) is 17.8. The Balaban J connectivity index is 1.45. The van der Waals surface area contributed by atoms with Crippen molar-refractivity contribution in [3.8, 4) is 0 Å². The van der Waals surface area contributed by atoms with Crippen LogP contribution in [0.4, 0.5) is 0 Å². The third-order valence-corrected chi connectivity index (χ3v) is 5.14. The van der Waals surface area contributed by atoms with E-state index in [1.165, 1.54) is 5.56 Å². The van der Waals surface area contributed by atoms with Crippen LogP contribution >= 0.6 is 15.9 Å². The zero-order valence-corrected chi connectivity index (χ0v) is 15.4. The number of nitrogens with one attached hydrogen (secondary N) is 2. The van der Waals surface area contributed by atoms with Gasteiger partial charge in [0.1, 0.15) is 0 Å². The second-order valence-corrected chi connectivity index (χ2v) is 7.36. The minimum Gasteiger partial charge on any atom is -0.342 e. The number of aromatic nitrogens is 3. The minimum absolute atomic E-state index is 0.0957. The molecule has 1 aromatic heterocycles. The van der Waals surface area contributed by atoms with E-state index in [4.69, 9.17) is 0 Å². The summed E-state index contributed by atoms with van der Waals surface area (Å²) in [6, 6.07) is 8.30. The summed E-state index contributed by atoms with van der Waals surface area (Å²) in [4.78, 5) is 37.0. The number of carbonyl (C=O) groups excluding carboxylic acids is 1. The smallest absolute Gasteiger partial charge is 0.342 e. The SMILES string of the molecule is O=C(CCCn1c(=O)[nH][nH]c1=O)N1CCC(Cc2ccc(Br)cc2)C1. The van der Waals surface area contributed by atoms with Gasteiger partial charge in [-0.2, -0.15) is 0 Å². The number of amides is 1. The molecular weight excluding hydrogens is 388 g/mol. The van der Waals surface area contributed by atoms with E-state index in [9.17, 15) is 14.4 Å². The van der Waals surface area contributed by atoms with Crippen LogP contribution in [0.3, 0.4) is 0 Å². The lowest BCUT2D eigenvalue weighted by Crippen LogP contribution is -2.30. The van der Waals surface area contributed by atoms with E-state index in [0.29, 0.717) is 18.8 Å². The molecule has 3 rings (SSSR count). The number of hydrogen-bond donors (Lipinski definition) is 2. The fraction of sp³-hybridized carbons (Fsp3) is 0.471. The molecule has 2 aromatic rings. The molecule has 134 valence electrons.